The third kappa shape index (κ3) is 1.91. The molecule has 3 rings (SSSR count). The van der Waals surface area contributed by atoms with Gasteiger partial charge in [-0.05, 0) is 56.2 Å². The number of carboxylic acids is 1. The lowest BCUT2D eigenvalue weighted by atomic mass is 9.93. The summed E-state index contributed by atoms with van der Waals surface area (Å²) in [4.78, 5) is 12.7. The summed E-state index contributed by atoms with van der Waals surface area (Å²) in [6.45, 7) is 3.91. The van der Waals surface area contributed by atoms with Crippen molar-refractivity contribution >= 4 is 17.3 Å². The van der Waals surface area contributed by atoms with Crippen molar-refractivity contribution in [3.05, 3.63) is 44.9 Å². The molecule has 0 aromatic carbocycles. The summed E-state index contributed by atoms with van der Waals surface area (Å²) < 4.78 is 2.20. The van der Waals surface area contributed by atoms with E-state index in [0.29, 0.717) is 11.6 Å². The summed E-state index contributed by atoms with van der Waals surface area (Å²) in [6.07, 6.45) is 3.44. The third-order valence-corrected chi connectivity index (χ3v) is 5.04. The van der Waals surface area contributed by atoms with Gasteiger partial charge in [-0.15, -0.1) is 11.3 Å². The molecule has 3 nitrogen and oxygen atoms in total. The highest BCUT2D eigenvalue weighted by molar-refractivity contribution is 7.10. The molecule has 1 unspecified atom stereocenters. The fraction of sp³-hybridized carbons (Fsp3) is 0.400. The topological polar surface area (TPSA) is 42.2 Å². The van der Waals surface area contributed by atoms with Crippen molar-refractivity contribution in [2.75, 3.05) is 0 Å². The predicted molar refractivity (Wildman–Crippen MR) is 76.3 cm³/mol. The van der Waals surface area contributed by atoms with E-state index in [4.69, 9.17) is 0 Å². The van der Waals surface area contributed by atoms with E-state index in [-0.39, 0.29) is 0 Å². The molecule has 0 aliphatic heterocycles. The Morgan fingerprint density at radius 2 is 2.26 bits per heavy atom. The van der Waals surface area contributed by atoms with Crippen molar-refractivity contribution in [2.45, 2.75) is 39.2 Å². The number of nitrogens with zero attached hydrogens (tertiary/aromatic N) is 1. The van der Waals surface area contributed by atoms with Gasteiger partial charge in [0.25, 0.3) is 0 Å². The van der Waals surface area contributed by atoms with Gasteiger partial charge in [-0.25, -0.2) is 4.79 Å². The largest absolute Gasteiger partial charge is 0.478 e. The Kier molecular flexibility index (Phi) is 2.97. The van der Waals surface area contributed by atoms with Gasteiger partial charge >= 0.3 is 5.97 Å². The van der Waals surface area contributed by atoms with Crippen LogP contribution in [-0.2, 0) is 6.42 Å². The van der Waals surface area contributed by atoms with Gasteiger partial charge in [-0.3, -0.25) is 0 Å². The zero-order valence-electron chi connectivity index (χ0n) is 11.1. The minimum Gasteiger partial charge on any atom is -0.478 e. The van der Waals surface area contributed by atoms with Crippen molar-refractivity contribution < 1.29 is 9.90 Å². The molecule has 0 amide bonds. The second kappa shape index (κ2) is 4.53. The molecule has 0 spiro atoms. The van der Waals surface area contributed by atoms with Gasteiger partial charge in [0.15, 0.2) is 0 Å². The first kappa shape index (κ1) is 12.5. The average Bonchev–Trinajstić information content (AvgIpc) is 2.94. The molecule has 0 saturated heterocycles. The Balaban J connectivity index is 2.12. The van der Waals surface area contributed by atoms with Gasteiger partial charge in [0, 0.05) is 16.3 Å². The van der Waals surface area contributed by atoms with Gasteiger partial charge in [-0.2, -0.15) is 0 Å². The standard InChI is InChI=1S/C15H17NO2S/c1-9-8-12(15(17)18)10(2)16(9)13-4-3-5-14-11(13)6-7-19-14/h6-8,13H,3-5H2,1-2H3,(H,17,18). The van der Waals surface area contributed by atoms with Crippen LogP contribution in [-0.4, -0.2) is 15.6 Å². The smallest absolute Gasteiger partial charge is 0.337 e. The van der Waals surface area contributed by atoms with E-state index in [1.807, 2.05) is 25.2 Å². The Morgan fingerprint density at radius 3 is 2.95 bits per heavy atom. The number of hydrogen-bond donors (Lipinski definition) is 1. The molecule has 1 aliphatic carbocycles. The molecule has 100 valence electrons. The Morgan fingerprint density at radius 1 is 1.47 bits per heavy atom. The summed E-state index contributed by atoms with van der Waals surface area (Å²) >= 11 is 1.82. The zero-order valence-corrected chi connectivity index (χ0v) is 12.0. The van der Waals surface area contributed by atoms with Crippen LogP contribution in [0, 0.1) is 13.8 Å². The van der Waals surface area contributed by atoms with E-state index >= 15 is 0 Å². The van der Waals surface area contributed by atoms with Crippen LogP contribution in [0.4, 0.5) is 0 Å². The van der Waals surface area contributed by atoms with E-state index in [9.17, 15) is 9.90 Å². The molecule has 2 aromatic rings. The molecule has 0 radical (unpaired) electrons. The number of aromatic nitrogens is 1. The molecule has 4 heteroatoms. The Labute approximate surface area is 116 Å². The average molecular weight is 275 g/mol. The van der Waals surface area contributed by atoms with Gasteiger partial charge in [0.1, 0.15) is 0 Å². The summed E-state index contributed by atoms with van der Waals surface area (Å²) in [5.41, 5.74) is 3.72. The number of hydrogen-bond acceptors (Lipinski definition) is 2. The van der Waals surface area contributed by atoms with Gasteiger partial charge in [0.2, 0.25) is 0 Å². The minimum atomic E-state index is -0.833. The summed E-state index contributed by atoms with van der Waals surface area (Å²) in [6, 6.07) is 4.30. The lowest BCUT2D eigenvalue weighted by molar-refractivity contribution is 0.0696. The van der Waals surface area contributed by atoms with E-state index in [2.05, 4.69) is 16.0 Å². The van der Waals surface area contributed by atoms with Gasteiger partial charge in [0.05, 0.1) is 11.6 Å². The van der Waals surface area contributed by atoms with Crippen LogP contribution in [0.3, 0.4) is 0 Å². The number of aromatic carboxylic acids is 1. The van der Waals surface area contributed by atoms with Crippen LogP contribution in [0.25, 0.3) is 0 Å². The van der Waals surface area contributed by atoms with Crippen LogP contribution in [0.5, 0.6) is 0 Å². The van der Waals surface area contributed by atoms with E-state index < -0.39 is 5.97 Å². The fourth-order valence-corrected chi connectivity index (χ4v) is 4.18. The summed E-state index contributed by atoms with van der Waals surface area (Å²) in [5, 5.41) is 11.4. The predicted octanol–water partition coefficient (Wildman–Crippen LogP) is 3.79. The molecule has 0 fully saturated rings. The molecule has 1 aliphatic rings. The number of rotatable bonds is 2. The first-order valence-electron chi connectivity index (χ1n) is 6.57. The van der Waals surface area contributed by atoms with Gasteiger partial charge < -0.3 is 9.67 Å². The van der Waals surface area contributed by atoms with Crippen molar-refractivity contribution in [1.29, 1.82) is 0 Å². The van der Waals surface area contributed by atoms with Gasteiger partial charge in [-0.1, -0.05) is 0 Å². The van der Waals surface area contributed by atoms with E-state index in [1.165, 1.54) is 16.9 Å². The second-order valence-electron chi connectivity index (χ2n) is 5.17. The summed E-state index contributed by atoms with van der Waals surface area (Å²) in [7, 11) is 0. The zero-order chi connectivity index (χ0) is 13.6. The van der Waals surface area contributed by atoms with Crippen LogP contribution in [0.1, 0.15) is 51.1 Å². The van der Waals surface area contributed by atoms with Crippen molar-refractivity contribution in [3.63, 3.8) is 0 Å². The fourth-order valence-electron chi connectivity index (χ4n) is 3.20. The first-order chi connectivity index (χ1) is 9.09. The SMILES string of the molecule is Cc1cc(C(=O)O)c(C)n1C1CCCc2sccc21. The molecule has 19 heavy (non-hydrogen) atoms. The quantitative estimate of drug-likeness (QED) is 0.906. The highest BCUT2D eigenvalue weighted by Gasteiger charge is 2.26. The lowest BCUT2D eigenvalue weighted by Gasteiger charge is -2.27. The third-order valence-electron chi connectivity index (χ3n) is 4.05. The summed E-state index contributed by atoms with van der Waals surface area (Å²) in [5.74, 6) is -0.833. The molecule has 0 saturated carbocycles. The van der Waals surface area contributed by atoms with Crippen LogP contribution < -0.4 is 0 Å². The van der Waals surface area contributed by atoms with Crippen molar-refractivity contribution in [3.8, 4) is 0 Å². The molecular formula is C15H17NO2S. The normalized spacial score (nSPS) is 18.3. The van der Waals surface area contributed by atoms with E-state index in [1.54, 1.807) is 6.07 Å². The highest BCUT2D eigenvalue weighted by Crippen LogP contribution is 2.38. The minimum absolute atomic E-state index is 0.308. The highest BCUT2D eigenvalue weighted by atomic mass is 32.1. The van der Waals surface area contributed by atoms with Crippen molar-refractivity contribution in [2.24, 2.45) is 0 Å². The monoisotopic (exact) mass is 275 g/mol. The Bertz CT molecular complexity index is 639. The maximum atomic E-state index is 11.3. The van der Waals surface area contributed by atoms with E-state index in [0.717, 1.165) is 24.2 Å². The number of thiophene rings is 1. The molecule has 1 atom stereocenters. The van der Waals surface area contributed by atoms with Crippen LogP contribution >= 0.6 is 11.3 Å². The molecule has 0 bridgehead atoms. The Hall–Kier alpha value is -1.55. The number of aryl methyl sites for hydroxylation is 2. The lowest BCUT2D eigenvalue weighted by Crippen LogP contribution is -2.18. The first-order valence-corrected chi connectivity index (χ1v) is 7.45. The number of carbonyl (C=O) groups is 1. The number of carboxylic acid groups (broad SMARTS) is 1. The van der Waals surface area contributed by atoms with Crippen LogP contribution in [0.15, 0.2) is 17.5 Å². The molecule has 2 heterocycles. The number of fused-ring (bicyclic) bond motifs is 1. The maximum absolute atomic E-state index is 11.3. The molecular weight excluding hydrogens is 258 g/mol. The molecule has 2 aromatic heterocycles. The van der Waals surface area contributed by atoms with Crippen molar-refractivity contribution in [1.82, 2.24) is 4.57 Å². The maximum Gasteiger partial charge on any atom is 0.337 e. The second-order valence-corrected chi connectivity index (χ2v) is 6.17. The molecule has 1 N–H and O–H groups in total. The van der Waals surface area contributed by atoms with Crippen LogP contribution in [0.2, 0.25) is 0 Å².